The van der Waals surface area contributed by atoms with Crippen molar-refractivity contribution in [3.8, 4) is 5.75 Å². The van der Waals surface area contributed by atoms with Gasteiger partial charge in [0, 0.05) is 4.47 Å². The van der Waals surface area contributed by atoms with Crippen LogP contribution in [-0.2, 0) is 0 Å². The second kappa shape index (κ2) is 4.05. The number of rotatable bonds is 1. The van der Waals surface area contributed by atoms with Crippen LogP contribution in [0.1, 0.15) is 0 Å². The van der Waals surface area contributed by atoms with Crippen LogP contribution in [0, 0.1) is 0 Å². The zero-order chi connectivity index (χ0) is 9.14. The normalized spacial score (nSPS) is 9.58. The molecule has 0 radical (unpaired) electrons. The first kappa shape index (κ1) is 9.74. The average Bonchev–Trinajstić information content (AvgIpc) is 2.14. The molecule has 0 spiro atoms. The monoisotopic (exact) mass is 292 g/mol. The first-order valence-corrected chi connectivity index (χ1v) is 4.77. The average molecular weight is 294 g/mol. The van der Waals surface area contributed by atoms with E-state index in [1.165, 1.54) is 7.11 Å². The smallest absolute Gasteiger partial charge is 0.234 e. The Kier molecular flexibility index (Phi) is 3.29. The molecule has 12 heavy (non-hydrogen) atoms. The van der Waals surface area contributed by atoms with Gasteiger partial charge in [0.15, 0.2) is 5.75 Å². The van der Waals surface area contributed by atoms with Crippen molar-refractivity contribution in [2.45, 2.75) is 0 Å². The lowest BCUT2D eigenvalue weighted by molar-refractivity contribution is 0.411. The summed E-state index contributed by atoms with van der Waals surface area (Å²) in [6, 6.07) is 5.06. The SMILES string of the molecule is COc1ccc(Br)cc(Br)c1=O. The minimum absolute atomic E-state index is 0.150. The van der Waals surface area contributed by atoms with Crippen molar-refractivity contribution in [3.05, 3.63) is 37.4 Å². The Labute approximate surface area is 86.8 Å². The van der Waals surface area contributed by atoms with Gasteiger partial charge in [0.1, 0.15) is 0 Å². The van der Waals surface area contributed by atoms with Gasteiger partial charge in [-0.05, 0) is 34.1 Å². The predicted octanol–water partition coefficient (Wildman–Crippen LogP) is 2.58. The lowest BCUT2D eigenvalue weighted by Crippen LogP contribution is -2.01. The van der Waals surface area contributed by atoms with Crippen molar-refractivity contribution in [2.75, 3.05) is 7.11 Å². The Hall–Kier alpha value is -0.350. The summed E-state index contributed by atoms with van der Waals surface area (Å²) in [7, 11) is 1.47. The fourth-order valence-electron chi connectivity index (χ4n) is 0.744. The van der Waals surface area contributed by atoms with Crippen molar-refractivity contribution in [2.24, 2.45) is 0 Å². The highest BCUT2D eigenvalue weighted by molar-refractivity contribution is 9.11. The number of halogens is 2. The summed E-state index contributed by atoms with van der Waals surface area (Å²) in [5.41, 5.74) is -0.150. The summed E-state index contributed by atoms with van der Waals surface area (Å²) in [6.07, 6.45) is 0. The molecule has 0 saturated carbocycles. The van der Waals surface area contributed by atoms with Crippen LogP contribution in [0.3, 0.4) is 0 Å². The van der Waals surface area contributed by atoms with Gasteiger partial charge < -0.3 is 4.74 Å². The van der Waals surface area contributed by atoms with Crippen LogP contribution < -0.4 is 10.2 Å². The lowest BCUT2D eigenvalue weighted by Gasteiger charge is -1.91. The van der Waals surface area contributed by atoms with Gasteiger partial charge in [-0.2, -0.15) is 0 Å². The van der Waals surface area contributed by atoms with Gasteiger partial charge in [-0.25, -0.2) is 0 Å². The first-order chi connectivity index (χ1) is 5.65. The van der Waals surface area contributed by atoms with Crippen LogP contribution in [-0.4, -0.2) is 7.11 Å². The maximum Gasteiger partial charge on any atom is 0.234 e. The van der Waals surface area contributed by atoms with Gasteiger partial charge >= 0.3 is 0 Å². The molecule has 64 valence electrons. The van der Waals surface area contributed by atoms with E-state index in [0.717, 1.165) is 4.47 Å². The molecule has 0 amide bonds. The number of hydrogen-bond acceptors (Lipinski definition) is 2. The van der Waals surface area contributed by atoms with Gasteiger partial charge in [-0.1, -0.05) is 15.9 Å². The third kappa shape index (κ3) is 2.08. The van der Waals surface area contributed by atoms with Gasteiger partial charge in [0.25, 0.3) is 0 Å². The molecular weight excluding hydrogens is 288 g/mol. The Morgan fingerprint density at radius 3 is 2.58 bits per heavy atom. The summed E-state index contributed by atoms with van der Waals surface area (Å²) >= 11 is 6.41. The standard InChI is InChI=1S/C8H6Br2O2/c1-12-7-3-2-5(9)4-6(10)8(7)11/h2-4H,1H3. The van der Waals surface area contributed by atoms with E-state index in [1.807, 2.05) is 0 Å². The molecule has 1 rings (SSSR count). The summed E-state index contributed by atoms with van der Waals surface area (Å²) in [5.74, 6) is 0.326. The third-order valence-electron chi connectivity index (χ3n) is 1.32. The van der Waals surface area contributed by atoms with Crippen molar-refractivity contribution >= 4 is 31.9 Å². The third-order valence-corrected chi connectivity index (χ3v) is 2.40. The topological polar surface area (TPSA) is 26.3 Å². The molecule has 0 bridgehead atoms. The molecule has 0 unspecified atom stereocenters. The highest BCUT2D eigenvalue weighted by Crippen LogP contribution is 2.15. The molecule has 2 nitrogen and oxygen atoms in total. The first-order valence-electron chi connectivity index (χ1n) is 3.18. The van der Waals surface area contributed by atoms with Crippen molar-refractivity contribution < 1.29 is 4.74 Å². The summed E-state index contributed by atoms with van der Waals surface area (Å²) in [6.45, 7) is 0. The van der Waals surface area contributed by atoms with E-state index in [2.05, 4.69) is 31.9 Å². The Morgan fingerprint density at radius 1 is 1.33 bits per heavy atom. The van der Waals surface area contributed by atoms with Crippen LogP contribution in [0.5, 0.6) is 5.75 Å². The van der Waals surface area contributed by atoms with Gasteiger partial charge in [-0.15, -0.1) is 0 Å². The van der Waals surface area contributed by atoms with E-state index in [9.17, 15) is 4.79 Å². The Balaban J connectivity index is 3.48. The van der Waals surface area contributed by atoms with E-state index in [0.29, 0.717) is 10.2 Å². The number of methoxy groups -OCH3 is 1. The molecule has 0 fully saturated rings. The molecule has 0 aromatic heterocycles. The number of ether oxygens (including phenoxy) is 1. The van der Waals surface area contributed by atoms with E-state index < -0.39 is 0 Å². The molecule has 0 N–H and O–H groups in total. The van der Waals surface area contributed by atoms with Crippen molar-refractivity contribution in [1.82, 2.24) is 0 Å². The molecule has 0 aliphatic heterocycles. The molecule has 1 aromatic rings. The van der Waals surface area contributed by atoms with Gasteiger partial charge in [0.2, 0.25) is 5.43 Å². The molecular formula is C8H6Br2O2. The zero-order valence-corrected chi connectivity index (χ0v) is 9.48. The van der Waals surface area contributed by atoms with E-state index in [1.54, 1.807) is 18.2 Å². The van der Waals surface area contributed by atoms with Crippen LogP contribution in [0.4, 0.5) is 0 Å². The van der Waals surface area contributed by atoms with Crippen LogP contribution in [0.15, 0.2) is 31.9 Å². The summed E-state index contributed by atoms with van der Waals surface area (Å²) in [4.78, 5) is 11.4. The van der Waals surface area contributed by atoms with E-state index in [4.69, 9.17) is 4.74 Å². The van der Waals surface area contributed by atoms with E-state index in [-0.39, 0.29) is 5.43 Å². The fourth-order valence-corrected chi connectivity index (χ4v) is 1.85. The quantitative estimate of drug-likeness (QED) is 0.795. The molecule has 4 heteroatoms. The fraction of sp³-hybridized carbons (Fsp3) is 0.125. The minimum atomic E-state index is -0.150. The molecule has 0 saturated heterocycles. The van der Waals surface area contributed by atoms with Crippen LogP contribution in [0.2, 0.25) is 0 Å². The maximum absolute atomic E-state index is 11.4. The highest BCUT2D eigenvalue weighted by atomic mass is 79.9. The van der Waals surface area contributed by atoms with E-state index >= 15 is 0 Å². The van der Waals surface area contributed by atoms with Gasteiger partial charge in [0.05, 0.1) is 11.6 Å². The summed E-state index contributed by atoms with van der Waals surface area (Å²) in [5, 5.41) is 0. The second-order valence-corrected chi connectivity index (χ2v) is 3.88. The Bertz CT molecular complexity index is 350. The Morgan fingerprint density at radius 2 is 2.00 bits per heavy atom. The van der Waals surface area contributed by atoms with Crippen molar-refractivity contribution in [3.63, 3.8) is 0 Å². The maximum atomic E-state index is 11.4. The lowest BCUT2D eigenvalue weighted by atomic mass is 10.5. The largest absolute Gasteiger partial charge is 0.493 e. The second-order valence-electron chi connectivity index (χ2n) is 2.11. The highest BCUT2D eigenvalue weighted by Gasteiger charge is 2.00. The summed E-state index contributed by atoms with van der Waals surface area (Å²) < 4.78 is 6.19. The zero-order valence-electron chi connectivity index (χ0n) is 6.30. The molecule has 0 aliphatic carbocycles. The molecule has 0 atom stereocenters. The molecule has 1 aromatic carbocycles. The number of hydrogen-bond donors (Lipinski definition) is 0. The predicted molar refractivity (Wildman–Crippen MR) is 54.7 cm³/mol. The van der Waals surface area contributed by atoms with Crippen molar-refractivity contribution in [1.29, 1.82) is 0 Å². The van der Waals surface area contributed by atoms with Gasteiger partial charge in [-0.3, -0.25) is 4.79 Å². The van der Waals surface area contributed by atoms with Crippen LogP contribution >= 0.6 is 31.9 Å². The minimum Gasteiger partial charge on any atom is -0.493 e. The molecule has 0 heterocycles. The van der Waals surface area contributed by atoms with Crippen LogP contribution in [0.25, 0.3) is 0 Å². The molecule has 0 aliphatic rings.